The Morgan fingerprint density at radius 1 is 0.844 bits per heavy atom. The SMILES string of the molecule is Cc1cc(C)c(-c2ccc(NC(=O)C(Cc3ccc(C(=O)NCCC(=O)O)cc3)c3ccc(OC(F)(F)F)cc3)cc2)c(C)c1. The van der Waals surface area contributed by atoms with Crippen LogP contribution in [0.15, 0.2) is 84.9 Å². The summed E-state index contributed by atoms with van der Waals surface area (Å²) in [6, 6.07) is 23.3. The number of aryl methyl sites for hydroxylation is 3. The summed E-state index contributed by atoms with van der Waals surface area (Å²) < 4.78 is 42.1. The minimum atomic E-state index is -4.85. The van der Waals surface area contributed by atoms with Crippen LogP contribution in [0.4, 0.5) is 18.9 Å². The molecule has 0 aliphatic carbocycles. The number of carbonyl (C=O) groups is 3. The van der Waals surface area contributed by atoms with Gasteiger partial charge in [-0.1, -0.05) is 54.1 Å². The number of hydrogen-bond acceptors (Lipinski definition) is 4. The van der Waals surface area contributed by atoms with E-state index in [1.54, 1.807) is 36.4 Å². The van der Waals surface area contributed by atoms with Gasteiger partial charge in [0, 0.05) is 17.8 Å². The Morgan fingerprint density at radius 2 is 1.44 bits per heavy atom. The first kappa shape index (κ1) is 32.8. The molecule has 1 atom stereocenters. The molecule has 0 radical (unpaired) electrons. The van der Waals surface area contributed by atoms with Crippen LogP contribution in [0.3, 0.4) is 0 Å². The molecule has 0 fully saturated rings. The summed E-state index contributed by atoms with van der Waals surface area (Å²) in [4.78, 5) is 36.7. The van der Waals surface area contributed by atoms with Crippen molar-refractivity contribution >= 4 is 23.5 Å². The van der Waals surface area contributed by atoms with Gasteiger partial charge in [-0.25, -0.2) is 0 Å². The lowest BCUT2D eigenvalue weighted by Crippen LogP contribution is -2.26. The van der Waals surface area contributed by atoms with Gasteiger partial charge >= 0.3 is 12.3 Å². The van der Waals surface area contributed by atoms with Gasteiger partial charge in [0.25, 0.3) is 5.91 Å². The molecule has 0 saturated heterocycles. The highest BCUT2D eigenvalue weighted by Gasteiger charge is 2.31. The summed E-state index contributed by atoms with van der Waals surface area (Å²) in [5, 5.41) is 14.2. The molecule has 234 valence electrons. The zero-order chi connectivity index (χ0) is 32.7. The number of alkyl halides is 3. The molecule has 1 unspecified atom stereocenters. The Labute approximate surface area is 259 Å². The van der Waals surface area contributed by atoms with Gasteiger partial charge in [-0.15, -0.1) is 13.2 Å². The highest BCUT2D eigenvalue weighted by Crippen LogP contribution is 2.31. The van der Waals surface area contributed by atoms with Crippen molar-refractivity contribution < 1.29 is 37.4 Å². The number of carboxylic acid groups (broad SMARTS) is 1. The molecule has 3 N–H and O–H groups in total. The zero-order valence-electron chi connectivity index (χ0n) is 25.0. The topological polar surface area (TPSA) is 105 Å². The molecule has 0 aliphatic rings. The smallest absolute Gasteiger partial charge is 0.481 e. The van der Waals surface area contributed by atoms with Gasteiger partial charge < -0.3 is 20.5 Å². The summed E-state index contributed by atoms with van der Waals surface area (Å²) in [5.41, 5.74) is 7.64. The molecule has 0 bridgehead atoms. The number of anilines is 1. The van der Waals surface area contributed by atoms with E-state index in [9.17, 15) is 27.6 Å². The second kappa shape index (κ2) is 14.1. The molecule has 7 nitrogen and oxygen atoms in total. The molecule has 4 rings (SSSR count). The van der Waals surface area contributed by atoms with Gasteiger partial charge in [0.05, 0.1) is 12.3 Å². The van der Waals surface area contributed by atoms with E-state index in [0.29, 0.717) is 22.4 Å². The number of amides is 2. The van der Waals surface area contributed by atoms with Crippen molar-refractivity contribution in [3.63, 3.8) is 0 Å². The second-order valence-electron chi connectivity index (χ2n) is 10.8. The van der Waals surface area contributed by atoms with Crippen LogP contribution in [0.1, 0.15) is 50.5 Å². The monoisotopic (exact) mass is 618 g/mol. The molecule has 4 aromatic rings. The second-order valence-corrected chi connectivity index (χ2v) is 10.8. The summed E-state index contributed by atoms with van der Waals surface area (Å²) in [7, 11) is 0. The zero-order valence-corrected chi connectivity index (χ0v) is 25.0. The van der Waals surface area contributed by atoms with Crippen molar-refractivity contribution in [2.75, 3.05) is 11.9 Å². The van der Waals surface area contributed by atoms with Crippen molar-refractivity contribution in [3.8, 4) is 16.9 Å². The Hall–Kier alpha value is -5.12. The van der Waals surface area contributed by atoms with Crippen LogP contribution in [0, 0.1) is 20.8 Å². The van der Waals surface area contributed by atoms with E-state index in [1.165, 1.54) is 17.7 Å². The molecule has 45 heavy (non-hydrogen) atoms. The van der Waals surface area contributed by atoms with Crippen molar-refractivity contribution in [1.82, 2.24) is 5.32 Å². The Morgan fingerprint density at radius 3 is 2.00 bits per heavy atom. The molecule has 0 aliphatic heterocycles. The fourth-order valence-electron chi connectivity index (χ4n) is 5.26. The lowest BCUT2D eigenvalue weighted by atomic mass is 9.90. The van der Waals surface area contributed by atoms with E-state index in [2.05, 4.69) is 41.4 Å². The van der Waals surface area contributed by atoms with Crippen molar-refractivity contribution in [2.45, 2.75) is 45.9 Å². The minimum absolute atomic E-state index is 0.0164. The van der Waals surface area contributed by atoms with Crippen molar-refractivity contribution in [3.05, 3.63) is 118 Å². The minimum Gasteiger partial charge on any atom is -0.481 e. The molecule has 0 aromatic heterocycles. The predicted octanol–water partition coefficient (Wildman–Crippen LogP) is 7.35. The highest BCUT2D eigenvalue weighted by atomic mass is 19.4. The van der Waals surface area contributed by atoms with Crippen LogP contribution in [0.5, 0.6) is 5.75 Å². The van der Waals surface area contributed by atoms with Gasteiger partial charge in [-0.05, 0) is 97.0 Å². The first-order valence-corrected chi connectivity index (χ1v) is 14.2. The quantitative estimate of drug-likeness (QED) is 0.163. The van der Waals surface area contributed by atoms with Crippen LogP contribution in [0.25, 0.3) is 11.1 Å². The standard InChI is InChI=1S/C35H33F3N2O5/c1-21-18-22(2)32(23(3)19-21)26-8-12-28(13-9-26)40-34(44)30(25-10-14-29(15-11-25)45-35(36,37)38)20-24-4-6-27(7-5-24)33(43)39-17-16-31(41)42/h4-15,18-19,30H,16-17,20H2,1-3H3,(H,39,43)(H,40,44)(H,41,42). The summed E-state index contributed by atoms with van der Waals surface area (Å²) in [5.74, 6) is -3.02. The van der Waals surface area contributed by atoms with Gasteiger partial charge in [0.15, 0.2) is 0 Å². The number of hydrogen-bond donors (Lipinski definition) is 3. The largest absolute Gasteiger partial charge is 0.573 e. The van der Waals surface area contributed by atoms with E-state index in [0.717, 1.165) is 34.4 Å². The van der Waals surface area contributed by atoms with Crippen LogP contribution in [-0.2, 0) is 16.0 Å². The Balaban J connectivity index is 1.55. The number of rotatable bonds is 11. The average Bonchev–Trinajstić information content (AvgIpc) is 2.96. The Bertz CT molecular complexity index is 1640. The lowest BCUT2D eigenvalue weighted by molar-refractivity contribution is -0.274. The first-order valence-electron chi connectivity index (χ1n) is 14.2. The lowest BCUT2D eigenvalue weighted by Gasteiger charge is -2.19. The number of halogens is 3. The van der Waals surface area contributed by atoms with E-state index in [4.69, 9.17) is 5.11 Å². The average molecular weight is 619 g/mol. The van der Waals surface area contributed by atoms with Crippen LogP contribution in [-0.4, -0.2) is 35.8 Å². The number of aliphatic carboxylic acids is 1. The summed E-state index contributed by atoms with van der Waals surface area (Å²) in [6.07, 6.45) is -4.87. The fourth-order valence-corrected chi connectivity index (χ4v) is 5.26. The van der Waals surface area contributed by atoms with Gasteiger partial charge in [-0.3, -0.25) is 14.4 Å². The first-order chi connectivity index (χ1) is 21.3. The number of nitrogens with one attached hydrogen (secondary N) is 2. The number of benzene rings is 4. The maximum atomic E-state index is 13.6. The highest BCUT2D eigenvalue weighted by molar-refractivity contribution is 5.96. The molecule has 10 heteroatoms. The van der Waals surface area contributed by atoms with Crippen LogP contribution >= 0.6 is 0 Å². The van der Waals surface area contributed by atoms with Crippen LogP contribution < -0.4 is 15.4 Å². The maximum Gasteiger partial charge on any atom is 0.573 e. The number of ether oxygens (including phenoxy) is 1. The molecular formula is C35H33F3N2O5. The third-order valence-corrected chi connectivity index (χ3v) is 7.23. The third-order valence-electron chi connectivity index (χ3n) is 7.23. The van der Waals surface area contributed by atoms with Crippen molar-refractivity contribution in [1.29, 1.82) is 0 Å². The van der Waals surface area contributed by atoms with E-state index >= 15 is 0 Å². The number of carbonyl (C=O) groups excluding carboxylic acids is 2. The molecule has 0 spiro atoms. The fraction of sp³-hybridized carbons (Fsp3) is 0.229. The van der Waals surface area contributed by atoms with Crippen LogP contribution in [0.2, 0.25) is 0 Å². The van der Waals surface area contributed by atoms with Crippen molar-refractivity contribution in [2.24, 2.45) is 0 Å². The van der Waals surface area contributed by atoms with E-state index in [-0.39, 0.29) is 25.3 Å². The Kier molecular flexibility index (Phi) is 10.3. The molecule has 2 amide bonds. The summed E-state index contributed by atoms with van der Waals surface area (Å²) in [6.45, 7) is 6.14. The third kappa shape index (κ3) is 9.18. The molecule has 0 saturated carbocycles. The van der Waals surface area contributed by atoms with E-state index in [1.807, 2.05) is 19.1 Å². The normalized spacial score (nSPS) is 11.9. The molecular weight excluding hydrogens is 585 g/mol. The summed E-state index contributed by atoms with van der Waals surface area (Å²) >= 11 is 0. The van der Waals surface area contributed by atoms with E-state index < -0.39 is 29.9 Å². The maximum absolute atomic E-state index is 13.6. The van der Waals surface area contributed by atoms with Gasteiger partial charge in [0.2, 0.25) is 5.91 Å². The number of carboxylic acids is 1. The van der Waals surface area contributed by atoms with Gasteiger partial charge in [-0.2, -0.15) is 0 Å². The predicted molar refractivity (Wildman–Crippen MR) is 165 cm³/mol. The molecule has 4 aromatic carbocycles. The van der Waals surface area contributed by atoms with Gasteiger partial charge in [0.1, 0.15) is 5.75 Å². The molecule has 0 heterocycles.